The highest BCUT2D eigenvalue weighted by molar-refractivity contribution is 5.94. The van der Waals surface area contributed by atoms with E-state index in [1.165, 1.54) is 12.3 Å². The monoisotopic (exact) mass is 491 g/mol. The molecule has 0 unspecified atom stereocenters. The number of furan rings is 1. The van der Waals surface area contributed by atoms with E-state index in [-0.39, 0.29) is 29.7 Å². The average molecular weight is 492 g/mol. The Morgan fingerprint density at radius 2 is 1.75 bits per heavy atom. The smallest absolute Gasteiger partial charge is 0.246 e. The highest BCUT2D eigenvalue weighted by Crippen LogP contribution is 2.40. The topological polar surface area (TPSA) is 92.1 Å². The number of benzene rings is 1. The fourth-order valence-corrected chi connectivity index (χ4v) is 4.81. The molecule has 0 aliphatic carbocycles. The van der Waals surface area contributed by atoms with Crippen LogP contribution in [0, 0.1) is 5.41 Å². The first-order chi connectivity index (χ1) is 17.5. The molecule has 36 heavy (non-hydrogen) atoms. The Bertz CT molecular complexity index is 1110. The van der Waals surface area contributed by atoms with Crippen molar-refractivity contribution < 1.29 is 23.5 Å². The molecule has 2 aliphatic rings. The zero-order chi connectivity index (χ0) is 25.4. The van der Waals surface area contributed by atoms with Gasteiger partial charge in [-0.15, -0.1) is 0 Å². The lowest BCUT2D eigenvalue weighted by Gasteiger charge is -2.39. The summed E-state index contributed by atoms with van der Waals surface area (Å²) in [5.41, 5.74) is 0.927. The zero-order valence-corrected chi connectivity index (χ0v) is 20.7. The van der Waals surface area contributed by atoms with Gasteiger partial charge >= 0.3 is 0 Å². The van der Waals surface area contributed by atoms with Crippen LogP contribution >= 0.6 is 0 Å². The van der Waals surface area contributed by atoms with E-state index in [0.717, 1.165) is 30.6 Å². The number of carbonyl (C=O) groups excluding carboxylic acids is 3. The van der Waals surface area contributed by atoms with Crippen LogP contribution in [0.3, 0.4) is 0 Å². The number of rotatable bonds is 8. The molecule has 1 aromatic heterocycles. The van der Waals surface area contributed by atoms with Gasteiger partial charge in [0.2, 0.25) is 17.7 Å². The predicted octanol–water partition coefficient (Wildman–Crippen LogP) is 3.36. The Kier molecular flexibility index (Phi) is 8.25. The lowest BCUT2D eigenvalue weighted by Crippen LogP contribution is -2.45. The maximum Gasteiger partial charge on any atom is 0.246 e. The number of para-hydroxylation sites is 1. The van der Waals surface area contributed by atoms with Gasteiger partial charge in [0, 0.05) is 43.9 Å². The molecule has 3 heterocycles. The van der Waals surface area contributed by atoms with Crippen LogP contribution in [-0.4, -0.2) is 66.9 Å². The average Bonchev–Trinajstić information content (AvgIpc) is 3.57. The van der Waals surface area contributed by atoms with Crippen LogP contribution in [0.1, 0.15) is 37.5 Å². The molecule has 2 aromatic rings. The van der Waals surface area contributed by atoms with Crippen LogP contribution in [0.4, 0.5) is 0 Å². The summed E-state index contributed by atoms with van der Waals surface area (Å²) in [7, 11) is 0. The molecule has 4 rings (SSSR count). The van der Waals surface area contributed by atoms with Gasteiger partial charge in [-0.1, -0.05) is 18.2 Å². The maximum absolute atomic E-state index is 12.8. The first kappa shape index (κ1) is 25.3. The van der Waals surface area contributed by atoms with Gasteiger partial charge in [0.1, 0.15) is 11.5 Å². The minimum atomic E-state index is -0.336. The van der Waals surface area contributed by atoms with Crippen molar-refractivity contribution in [2.75, 3.05) is 39.3 Å². The van der Waals surface area contributed by atoms with Gasteiger partial charge in [0.25, 0.3) is 0 Å². The second-order valence-corrected chi connectivity index (χ2v) is 9.26. The molecular weight excluding hydrogens is 458 g/mol. The van der Waals surface area contributed by atoms with E-state index in [2.05, 4.69) is 5.32 Å². The van der Waals surface area contributed by atoms with Crippen molar-refractivity contribution in [1.82, 2.24) is 15.1 Å². The van der Waals surface area contributed by atoms with Crippen LogP contribution in [0.2, 0.25) is 0 Å². The summed E-state index contributed by atoms with van der Waals surface area (Å²) >= 11 is 0. The first-order valence-corrected chi connectivity index (χ1v) is 12.4. The molecule has 190 valence electrons. The SMILES string of the molecule is CCOc1ccccc1C=CC(=O)N1CCC2(CC1)CCN(C(=O)CNC(=O)C=Cc1ccco1)C2. The van der Waals surface area contributed by atoms with Crippen LogP contribution < -0.4 is 10.1 Å². The summed E-state index contributed by atoms with van der Waals surface area (Å²) in [5.74, 6) is 0.918. The number of nitrogens with zero attached hydrogens (tertiary/aromatic N) is 2. The highest BCUT2D eigenvalue weighted by Gasteiger charge is 2.42. The van der Waals surface area contributed by atoms with Crippen molar-refractivity contribution in [2.24, 2.45) is 5.41 Å². The second kappa shape index (κ2) is 11.7. The lowest BCUT2D eigenvalue weighted by molar-refractivity contribution is -0.132. The largest absolute Gasteiger partial charge is 0.493 e. The molecule has 2 aliphatic heterocycles. The fourth-order valence-electron chi connectivity index (χ4n) is 4.81. The van der Waals surface area contributed by atoms with E-state index in [4.69, 9.17) is 9.15 Å². The van der Waals surface area contributed by atoms with Crippen LogP contribution in [-0.2, 0) is 14.4 Å². The Hall–Kier alpha value is -3.81. The molecule has 8 heteroatoms. The van der Waals surface area contributed by atoms with E-state index in [1.54, 1.807) is 24.3 Å². The van der Waals surface area contributed by atoms with Crippen molar-refractivity contribution in [3.05, 3.63) is 66.1 Å². The molecule has 0 radical (unpaired) electrons. The van der Waals surface area contributed by atoms with E-state index >= 15 is 0 Å². The minimum absolute atomic E-state index is 0.00704. The third kappa shape index (κ3) is 6.44. The number of amides is 3. The van der Waals surface area contributed by atoms with Crippen LogP contribution in [0.15, 0.2) is 59.2 Å². The number of carbonyl (C=O) groups is 3. The van der Waals surface area contributed by atoms with Gasteiger partial charge in [-0.05, 0) is 62.0 Å². The molecule has 8 nitrogen and oxygen atoms in total. The van der Waals surface area contributed by atoms with Crippen molar-refractivity contribution in [2.45, 2.75) is 26.2 Å². The first-order valence-electron chi connectivity index (χ1n) is 12.4. The van der Waals surface area contributed by atoms with Gasteiger partial charge in [0.05, 0.1) is 19.4 Å². The fraction of sp³-hybridized carbons (Fsp3) is 0.393. The van der Waals surface area contributed by atoms with Gasteiger partial charge in [-0.3, -0.25) is 14.4 Å². The quantitative estimate of drug-likeness (QED) is 0.572. The van der Waals surface area contributed by atoms with Gasteiger partial charge in [-0.25, -0.2) is 0 Å². The van der Waals surface area contributed by atoms with Crippen molar-refractivity contribution in [1.29, 1.82) is 0 Å². The standard InChI is InChI=1S/C28H33N3O5/c1-2-35-24-8-4-3-6-22(24)9-12-26(33)30-16-13-28(14-17-30)15-18-31(21-28)27(34)20-29-25(32)11-10-23-7-5-19-36-23/h3-12,19H,2,13-18,20-21H2,1H3,(H,29,32). The Balaban J connectivity index is 1.22. The number of hydrogen-bond acceptors (Lipinski definition) is 5. The predicted molar refractivity (Wildman–Crippen MR) is 137 cm³/mol. The van der Waals surface area contributed by atoms with Crippen molar-refractivity contribution in [3.63, 3.8) is 0 Å². The maximum atomic E-state index is 12.8. The Labute approximate surface area is 211 Å². The molecule has 1 aromatic carbocycles. The van der Waals surface area contributed by atoms with Crippen LogP contribution in [0.5, 0.6) is 5.75 Å². The number of likely N-dealkylation sites (tertiary alicyclic amines) is 2. The summed E-state index contributed by atoms with van der Waals surface area (Å²) in [5, 5.41) is 2.65. The van der Waals surface area contributed by atoms with E-state index < -0.39 is 0 Å². The van der Waals surface area contributed by atoms with Gasteiger partial charge in [0.15, 0.2) is 0 Å². The normalized spacial score (nSPS) is 17.2. The minimum Gasteiger partial charge on any atom is -0.493 e. The number of nitrogens with one attached hydrogen (secondary N) is 1. The van der Waals surface area contributed by atoms with Crippen LogP contribution in [0.25, 0.3) is 12.2 Å². The van der Waals surface area contributed by atoms with E-state index in [0.29, 0.717) is 38.5 Å². The molecule has 0 bridgehead atoms. The Morgan fingerprint density at radius 1 is 1.00 bits per heavy atom. The summed E-state index contributed by atoms with van der Waals surface area (Å²) in [6, 6.07) is 11.2. The lowest BCUT2D eigenvalue weighted by atomic mass is 9.78. The molecule has 2 fully saturated rings. The number of piperidine rings is 1. The number of ether oxygens (including phenoxy) is 1. The molecule has 2 saturated heterocycles. The van der Waals surface area contributed by atoms with Crippen molar-refractivity contribution >= 4 is 29.9 Å². The van der Waals surface area contributed by atoms with Crippen molar-refractivity contribution in [3.8, 4) is 5.75 Å². The third-order valence-electron chi connectivity index (χ3n) is 6.91. The third-order valence-corrected chi connectivity index (χ3v) is 6.91. The molecule has 0 saturated carbocycles. The van der Waals surface area contributed by atoms with E-state index in [9.17, 15) is 14.4 Å². The molecule has 0 atom stereocenters. The summed E-state index contributed by atoms with van der Waals surface area (Å²) in [4.78, 5) is 41.1. The summed E-state index contributed by atoms with van der Waals surface area (Å²) in [6.45, 7) is 5.17. The van der Waals surface area contributed by atoms with E-state index in [1.807, 2.05) is 47.1 Å². The number of hydrogen-bond donors (Lipinski definition) is 1. The summed E-state index contributed by atoms with van der Waals surface area (Å²) in [6.07, 6.45) is 10.5. The highest BCUT2D eigenvalue weighted by atomic mass is 16.5. The van der Waals surface area contributed by atoms with Gasteiger partial charge in [-0.2, -0.15) is 0 Å². The summed E-state index contributed by atoms with van der Waals surface area (Å²) < 4.78 is 10.8. The molecule has 1 spiro atoms. The molecule has 3 amide bonds. The zero-order valence-electron chi connectivity index (χ0n) is 20.7. The molecular formula is C28H33N3O5. The molecule has 1 N–H and O–H groups in total. The second-order valence-electron chi connectivity index (χ2n) is 9.26. The van der Waals surface area contributed by atoms with Gasteiger partial charge < -0.3 is 24.3 Å². The Morgan fingerprint density at radius 3 is 2.47 bits per heavy atom.